The average molecular weight is 274 g/mol. The molecule has 0 radical (unpaired) electrons. The molecule has 0 aromatic carbocycles. The zero-order chi connectivity index (χ0) is 13.5. The van der Waals surface area contributed by atoms with Gasteiger partial charge in [-0.25, -0.2) is 4.79 Å². The van der Waals surface area contributed by atoms with Gasteiger partial charge in [0.05, 0.1) is 6.42 Å². The fourth-order valence-electron chi connectivity index (χ4n) is 2.09. The number of carboxylic acids is 1. The van der Waals surface area contributed by atoms with Gasteiger partial charge in [-0.3, -0.25) is 4.79 Å². The molecule has 0 heterocycles. The molecule has 0 bridgehead atoms. The SMILES string of the molecule is CSC1CCC(NC(=O)N(C)CCC(=O)O)CC1. The molecule has 1 aliphatic carbocycles. The lowest BCUT2D eigenvalue weighted by Crippen LogP contribution is -2.45. The third-order valence-electron chi connectivity index (χ3n) is 3.34. The summed E-state index contributed by atoms with van der Waals surface area (Å²) in [4.78, 5) is 23.7. The van der Waals surface area contributed by atoms with Crippen LogP contribution in [0.1, 0.15) is 32.1 Å². The van der Waals surface area contributed by atoms with Crippen molar-refractivity contribution in [2.24, 2.45) is 0 Å². The van der Waals surface area contributed by atoms with Crippen LogP contribution in [-0.2, 0) is 4.79 Å². The van der Waals surface area contributed by atoms with E-state index in [1.54, 1.807) is 7.05 Å². The molecule has 1 aliphatic rings. The maximum atomic E-state index is 11.8. The maximum Gasteiger partial charge on any atom is 0.317 e. The maximum absolute atomic E-state index is 11.8. The summed E-state index contributed by atoms with van der Waals surface area (Å²) in [5.41, 5.74) is 0. The first kappa shape index (κ1) is 15.1. The van der Waals surface area contributed by atoms with E-state index in [0.29, 0.717) is 0 Å². The molecular formula is C12H22N2O3S. The van der Waals surface area contributed by atoms with E-state index >= 15 is 0 Å². The van der Waals surface area contributed by atoms with Crippen LogP contribution in [0.15, 0.2) is 0 Å². The van der Waals surface area contributed by atoms with Crippen molar-refractivity contribution in [3.63, 3.8) is 0 Å². The molecule has 0 saturated heterocycles. The van der Waals surface area contributed by atoms with Gasteiger partial charge in [0, 0.05) is 24.9 Å². The minimum Gasteiger partial charge on any atom is -0.481 e. The van der Waals surface area contributed by atoms with E-state index in [1.807, 2.05) is 11.8 Å². The molecular weight excluding hydrogens is 252 g/mol. The third kappa shape index (κ3) is 5.16. The van der Waals surface area contributed by atoms with Crippen LogP contribution in [0.2, 0.25) is 0 Å². The number of aliphatic carboxylic acids is 1. The number of amides is 2. The molecule has 2 amide bonds. The Morgan fingerprint density at radius 2 is 1.94 bits per heavy atom. The minimum absolute atomic E-state index is 0.0108. The van der Waals surface area contributed by atoms with Gasteiger partial charge in [0.2, 0.25) is 0 Å². The van der Waals surface area contributed by atoms with E-state index in [0.717, 1.165) is 30.9 Å². The van der Waals surface area contributed by atoms with E-state index in [2.05, 4.69) is 11.6 Å². The van der Waals surface area contributed by atoms with Crippen LogP contribution in [0.25, 0.3) is 0 Å². The number of hydrogen-bond acceptors (Lipinski definition) is 3. The summed E-state index contributed by atoms with van der Waals surface area (Å²) in [6, 6.07) is 0.0806. The van der Waals surface area contributed by atoms with Gasteiger partial charge in [0.15, 0.2) is 0 Å². The second-order valence-electron chi connectivity index (χ2n) is 4.72. The smallest absolute Gasteiger partial charge is 0.317 e. The Hall–Kier alpha value is -0.910. The molecule has 1 saturated carbocycles. The van der Waals surface area contributed by atoms with Crippen molar-refractivity contribution >= 4 is 23.8 Å². The first-order valence-electron chi connectivity index (χ1n) is 6.29. The topological polar surface area (TPSA) is 69.6 Å². The van der Waals surface area contributed by atoms with E-state index < -0.39 is 5.97 Å². The van der Waals surface area contributed by atoms with Crippen LogP contribution in [-0.4, -0.2) is 53.1 Å². The Balaban J connectivity index is 2.25. The number of nitrogens with zero attached hydrogens (tertiary/aromatic N) is 1. The Morgan fingerprint density at radius 1 is 1.33 bits per heavy atom. The van der Waals surface area contributed by atoms with Crippen LogP contribution < -0.4 is 5.32 Å². The van der Waals surface area contributed by atoms with Crippen LogP contribution in [0.3, 0.4) is 0 Å². The van der Waals surface area contributed by atoms with Crippen LogP contribution >= 0.6 is 11.8 Å². The van der Waals surface area contributed by atoms with E-state index in [1.165, 1.54) is 4.90 Å². The number of thioether (sulfide) groups is 1. The summed E-state index contributed by atoms with van der Waals surface area (Å²) in [7, 11) is 1.63. The van der Waals surface area contributed by atoms with Gasteiger partial charge in [0.25, 0.3) is 0 Å². The summed E-state index contributed by atoms with van der Waals surface area (Å²) in [6.07, 6.45) is 6.44. The summed E-state index contributed by atoms with van der Waals surface area (Å²) >= 11 is 1.90. The molecule has 0 aromatic heterocycles. The van der Waals surface area contributed by atoms with Crippen molar-refractivity contribution in [1.82, 2.24) is 10.2 Å². The van der Waals surface area contributed by atoms with Gasteiger partial charge >= 0.3 is 12.0 Å². The molecule has 18 heavy (non-hydrogen) atoms. The minimum atomic E-state index is -0.880. The van der Waals surface area contributed by atoms with Crippen molar-refractivity contribution < 1.29 is 14.7 Å². The highest BCUT2D eigenvalue weighted by Crippen LogP contribution is 2.26. The zero-order valence-electron chi connectivity index (χ0n) is 11.0. The number of carboxylic acid groups (broad SMARTS) is 1. The molecule has 0 aromatic rings. The first-order valence-corrected chi connectivity index (χ1v) is 7.58. The highest BCUT2D eigenvalue weighted by Gasteiger charge is 2.22. The fraction of sp³-hybridized carbons (Fsp3) is 0.833. The van der Waals surface area contributed by atoms with Crippen LogP contribution in [0.4, 0.5) is 4.79 Å². The van der Waals surface area contributed by atoms with Crippen LogP contribution in [0, 0.1) is 0 Å². The Bertz CT molecular complexity index is 291. The largest absolute Gasteiger partial charge is 0.481 e. The molecule has 5 nitrogen and oxygen atoms in total. The molecule has 0 aliphatic heterocycles. The van der Waals surface area contributed by atoms with Gasteiger partial charge < -0.3 is 15.3 Å². The molecule has 1 fully saturated rings. The molecule has 6 heteroatoms. The monoisotopic (exact) mass is 274 g/mol. The molecule has 0 unspecified atom stereocenters. The number of carbonyl (C=O) groups is 2. The Morgan fingerprint density at radius 3 is 2.44 bits per heavy atom. The highest BCUT2D eigenvalue weighted by molar-refractivity contribution is 7.99. The summed E-state index contributed by atoms with van der Waals surface area (Å²) in [5, 5.41) is 12.3. The van der Waals surface area contributed by atoms with Gasteiger partial charge in [-0.05, 0) is 31.9 Å². The third-order valence-corrected chi connectivity index (χ3v) is 4.48. The second-order valence-corrected chi connectivity index (χ2v) is 5.86. The van der Waals surface area contributed by atoms with E-state index in [9.17, 15) is 9.59 Å². The van der Waals surface area contributed by atoms with E-state index in [4.69, 9.17) is 5.11 Å². The van der Waals surface area contributed by atoms with E-state index in [-0.39, 0.29) is 25.0 Å². The lowest BCUT2D eigenvalue weighted by atomic mass is 9.95. The van der Waals surface area contributed by atoms with Crippen LogP contribution in [0.5, 0.6) is 0 Å². The van der Waals surface area contributed by atoms with Crippen molar-refractivity contribution in [1.29, 1.82) is 0 Å². The quantitative estimate of drug-likeness (QED) is 0.801. The Kier molecular flexibility index (Phi) is 6.32. The molecule has 0 spiro atoms. The lowest BCUT2D eigenvalue weighted by Gasteiger charge is -2.29. The summed E-state index contributed by atoms with van der Waals surface area (Å²) < 4.78 is 0. The molecule has 104 valence electrons. The van der Waals surface area contributed by atoms with Gasteiger partial charge in [-0.2, -0.15) is 11.8 Å². The second kappa shape index (κ2) is 7.51. The van der Waals surface area contributed by atoms with Gasteiger partial charge in [-0.15, -0.1) is 0 Å². The van der Waals surface area contributed by atoms with Gasteiger partial charge in [-0.1, -0.05) is 0 Å². The molecule has 1 rings (SSSR count). The van der Waals surface area contributed by atoms with Crippen molar-refractivity contribution in [2.75, 3.05) is 19.8 Å². The predicted octanol–water partition coefficient (Wildman–Crippen LogP) is 1.78. The zero-order valence-corrected chi connectivity index (χ0v) is 11.8. The first-order chi connectivity index (χ1) is 8.52. The average Bonchev–Trinajstić information content (AvgIpc) is 2.36. The lowest BCUT2D eigenvalue weighted by molar-refractivity contribution is -0.137. The summed E-state index contributed by atoms with van der Waals surface area (Å²) in [5.74, 6) is -0.880. The van der Waals surface area contributed by atoms with Crippen molar-refractivity contribution in [3.8, 4) is 0 Å². The normalized spacial score (nSPS) is 23.4. The molecule has 0 atom stereocenters. The van der Waals surface area contributed by atoms with Gasteiger partial charge in [0.1, 0.15) is 0 Å². The van der Waals surface area contributed by atoms with Crippen molar-refractivity contribution in [3.05, 3.63) is 0 Å². The number of carbonyl (C=O) groups excluding carboxylic acids is 1. The Labute approximate surface area is 112 Å². The number of nitrogens with one attached hydrogen (secondary N) is 1. The number of urea groups is 1. The summed E-state index contributed by atoms with van der Waals surface area (Å²) in [6.45, 7) is 0.251. The number of rotatable bonds is 5. The molecule has 2 N–H and O–H groups in total. The highest BCUT2D eigenvalue weighted by atomic mass is 32.2. The van der Waals surface area contributed by atoms with Crippen molar-refractivity contribution in [2.45, 2.75) is 43.4 Å². The standard InChI is InChI=1S/C12H22N2O3S/c1-14(8-7-11(15)16)12(17)13-9-3-5-10(18-2)6-4-9/h9-10H,3-8H2,1-2H3,(H,13,17)(H,15,16). The predicted molar refractivity (Wildman–Crippen MR) is 73.0 cm³/mol. The fourth-order valence-corrected chi connectivity index (χ4v) is 2.84. The number of hydrogen-bond donors (Lipinski definition) is 2.